The van der Waals surface area contributed by atoms with Gasteiger partial charge in [-0.3, -0.25) is 4.79 Å². The molecule has 0 spiro atoms. The molecule has 0 bridgehead atoms. The van der Waals surface area contributed by atoms with E-state index in [1.54, 1.807) is 49.6 Å². The summed E-state index contributed by atoms with van der Waals surface area (Å²) in [5, 5.41) is 26.6. The Labute approximate surface area is 207 Å². The molecule has 1 saturated carbocycles. The standard InChI is InChI=1S/C24H31N7O5/c1-24(2,3)36-23(35)27-9-13-4-6-14(7-5-13)22(34)26-10-15-8-16(32)19(33)18(15)31-12-30-17-20(25)28-11-29-21(17)31/h4-7,11-12,15-16,18-19,32-33H,8-10H2,1-3H3,(H,26,34)(H,27,35)(H2,25,28,29)/t15-,16-,18-,19-/m0/s1. The number of aliphatic hydroxyl groups excluding tert-OH is 2. The number of hydrogen-bond acceptors (Lipinski definition) is 9. The molecule has 4 rings (SSSR count). The van der Waals surface area contributed by atoms with Gasteiger partial charge in [-0.1, -0.05) is 12.1 Å². The van der Waals surface area contributed by atoms with Crippen molar-refractivity contribution in [1.29, 1.82) is 0 Å². The second-order valence-corrected chi connectivity index (χ2v) is 9.89. The van der Waals surface area contributed by atoms with Crippen LogP contribution in [-0.2, 0) is 11.3 Å². The van der Waals surface area contributed by atoms with Gasteiger partial charge in [-0.15, -0.1) is 0 Å². The van der Waals surface area contributed by atoms with Gasteiger partial charge < -0.3 is 35.9 Å². The van der Waals surface area contributed by atoms with Crippen molar-refractivity contribution in [3.8, 4) is 0 Å². The summed E-state index contributed by atoms with van der Waals surface area (Å²) in [5.41, 5.74) is 7.41. The molecule has 0 saturated heterocycles. The molecule has 0 unspecified atom stereocenters. The molecule has 36 heavy (non-hydrogen) atoms. The van der Waals surface area contributed by atoms with Crippen LogP contribution in [-0.4, -0.2) is 66.1 Å². The number of hydrogen-bond donors (Lipinski definition) is 5. The normalized spacial score (nSPS) is 21.9. The smallest absolute Gasteiger partial charge is 0.407 e. The van der Waals surface area contributed by atoms with E-state index in [0.717, 1.165) is 5.56 Å². The van der Waals surface area contributed by atoms with Crippen LogP contribution in [0.3, 0.4) is 0 Å². The predicted octanol–water partition coefficient (Wildman–Crippen LogP) is 1.15. The Hall–Kier alpha value is -3.77. The van der Waals surface area contributed by atoms with Gasteiger partial charge in [0.25, 0.3) is 5.91 Å². The van der Waals surface area contributed by atoms with Gasteiger partial charge in [-0.2, -0.15) is 0 Å². The summed E-state index contributed by atoms with van der Waals surface area (Å²) in [7, 11) is 0. The number of nitrogens with two attached hydrogens (primary N) is 1. The topological polar surface area (TPSA) is 178 Å². The Kier molecular flexibility index (Phi) is 7.09. The molecule has 6 N–H and O–H groups in total. The number of ether oxygens (including phenoxy) is 1. The number of amides is 2. The molecule has 1 aliphatic carbocycles. The quantitative estimate of drug-likeness (QED) is 0.334. The summed E-state index contributed by atoms with van der Waals surface area (Å²) in [6.45, 7) is 5.86. The summed E-state index contributed by atoms with van der Waals surface area (Å²) < 4.78 is 6.89. The number of rotatable bonds is 6. The molecule has 12 heteroatoms. The third kappa shape index (κ3) is 5.55. The fourth-order valence-electron chi connectivity index (χ4n) is 4.37. The molecule has 2 aromatic heterocycles. The number of aliphatic hydroxyl groups is 2. The molecule has 3 aromatic rings. The predicted molar refractivity (Wildman–Crippen MR) is 131 cm³/mol. The van der Waals surface area contributed by atoms with Crippen LogP contribution < -0.4 is 16.4 Å². The average molecular weight is 498 g/mol. The van der Waals surface area contributed by atoms with E-state index < -0.39 is 29.9 Å². The zero-order valence-corrected chi connectivity index (χ0v) is 20.4. The number of imidazole rings is 1. The molecular formula is C24H31N7O5. The van der Waals surface area contributed by atoms with E-state index >= 15 is 0 Å². The van der Waals surface area contributed by atoms with Gasteiger partial charge >= 0.3 is 6.09 Å². The van der Waals surface area contributed by atoms with Crippen LogP contribution in [0.2, 0.25) is 0 Å². The van der Waals surface area contributed by atoms with Crippen LogP contribution >= 0.6 is 0 Å². The van der Waals surface area contributed by atoms with Crippen molar-refractivity contribution in [2.45, 2.75) is 57.6 Å². The second-order valence-electron chi connectivity index (χ2n) is 9.89. The van der Waals surface area contributed by atoms with Crippen molar-refractivity contribution >= 4 is 29.0 Å². The Morgan fingerprint density at radius 3 is 2.56 bits per heavy atom. The Balaban J connectivity index is 1.38. The van der Waals surface area contributed by atoms with E-state index in [1.807, 2.05) is 0 Å². The minimum atomic E-state index is -1.06. The summed E-state index contributed by atoms with van der Waals surface area (Å²) in [5.74, 6) is -0.343. The number of fused-ring (bicyclic) bond motifs is 1. The van der Waals surface area contributed by atoms with Crippen molar-refractivity contribution in [3.05, 3.63) is 48.0 Å². The highest BCUT2D eigenvalue weighted by molar-refractivity contribution is 5.94. The minimum Gasteiger partial charge on any atom is -0.444 e. The maximum absolute atomic E-state index is 12.8. The van der Waals surface area contributed by atoms with Crippen molar-refractivity contribution < 1.29 is 24.5 Å². The second kappa shape index (κ2) is 10.1. The Morgan fingerprint density at radius 2 is 1.86 bits per heavy atom. The first-order valence-corrected chi connectivity index (χ1v) is 11.7. The van der Waals surface area contributed by atoms with Crippen LogP contribution in [0.25, 0.3) is 11.2 Å². The fourth-order valence-corrected chi connectivity index (χ4v) is 4.37. The number of nitrogens with one attached hydrogen (secondary N) is 2. The van der Waals surface area contributed by atoms with E-state index in [-0.39, 0.29) is 30.7 Å². The monoisotopic (exact) mass is 497 g/mol. The Bertz CT molecular complexity index is 1240. The molecule has 2 amide bonds. The van der Waals surface area contributed by atoms with Gasteiger partial charge in [0.2, 0.25) is 0 Å². The number of nitrogens with zero attached hydrogens (tertiary/aromatic N) is 4. The van der Waals surface area contributed by atoms with E-state index in [0.29, 0.717) is 23.1 Å². The molecule has 4 atom stereocenters. The number of carbonyl (C=O) groups is 2. The molecule has 12 nitrogen and oxygen atoms in total. The first-order valence-electron chi connectivity index (χ1n) is 11.7. The molecule has 1 aromatic carbocycles. The molecule has 0 radical (unpaired) electrons. The van der Waals surface area contributed by atoms with Crippen LogP contribution in [0.1, 0.15) is 49.2 Å². The lowest BCUT2D eigenvalue weighted by molar-refractivity contribution is 0.0230. The highest BCUT2D eigenvalue weighted by Crippen LogP contribution is 2.37. The first-order chi connectivity index (χ1) is 17.0. The molecule has 0 aliphatic heterocycles. The maximum atomic E-state index is 12.8. The molecular weight excluding hydrogens is 466 g/mol. The SMILES string of the molecule is CC(C)(C)OC(=O)NCc1ccc(C(=O)NC[C@@H]2C[C@H](O)[C@H](O)[C@H]2n2cnc3c(N)ncnc32)cc1. The van der Waals surface area contributed by atoms with Crippen LogP contribution in [0.15, 0.2) is 36.9 Å². The maximum Gasteiger partial charge on any atom is 0.407 e. The number of benzene rings is 1. The molecule has 192 valence electrons. The number of anilines is 1. The van der Waals surface area contributed by atoms with Crippen LogP contribution in [0, 0.1) is 5.92 Å². The zero-order valence-electron chi connectivity index (χ0n) is 20.4. The van der Waals surface area contributed by atoms with E-state index in [2.05, 4.69) is 25.6 Å². The number of carbonyl (C=O) groups excluding carboxylic acids is 2. The molecule has 1 fully saturated rings. The van der Waals surface area contributed by atoms with Crippen molar-refractivity contribution in [2.75, 3.05) is 12.3 Å². The van der Waals surface area contributed by atoms with Gasteiger partial charge in [0, 0.05) is 24.6 Å². The third-order valence-electron chi connectivity index (χ3n) is 6.06. The lowest BCUT2D eigenvalue weighted by atomic mass is 10.0. The fraction of sp³-hybridized carbons (Fsp3) is 0.458. The highest BCUT2D eigenvalue weighted by Gasteiger charge is 2.43. The van der Waals surface area contributed by atoms with Gasteiger partial charge in [-0.25, -0.2) is 19.7 Å². The van der Waals surface area contributed by atoms with Gasteiger partial charge in [0.05, 0.1) is 18.5 Å². The minimum absolute atomic E-state index is 0.222. The molecule has 2 heterocycles. The summed E-state index contributed by atoms with van der Waals surface area (Å²) in [6, 6.07) is 6.28. The first kappa shape index (κ1) is 25.3. The van der Waals surface area contributed by atoms with Crippen LogP contribution in [0.4, 0.5) is 10.6 Å². The van der Waals surface area contributed by atoms with E-state index in [4.69, 9.17) is 10.5 Å². The van der Waals surface area contributed by atoms with Crippen LogP contribution in [0.5, 0.6) is 0 Å². The number of alkyl carbamates (subject to hydrolysis) is 1. The number of aromatic nitrogens is 4. The number of nitrogen functional groups attached to an aromatic ring is 1. The highest BCUT2D eigenvalue weighted by atomic mass is 16.6. The van der Waals surface area contributed by atoms with Gasteiger partial charge in [0.1, 0.15) is 23.5 Å². The third-order valence-corrected chi connectivity index (χ3v) is 6.06. The molecule has 1 aliphatic rings. The largest absolute Gasteiger partial charge is 0.444 e. The van der Waals surface area contributed by atoms with Crippen molar-refractivity contribution in [2.24, 2.45) is 5.92 Å². The lowest BCUT2D eigenvalue weighted by Gasteiger charge is -2.24. The lowest BCUT2D eigenvalue weighted by Crippen LogP contribution is -2.34. The van der Waals surface area contributed by atoms with E-state index in [1.165, 1.54) is 12.7 Å². The van der Waals surface area contributed by atoms with Gasteiger partial charge in [-0.05, 0) is 44.9 Å². The van der Waals surface area contributed by atoms with Gasteiger partial charge in [0.15, 0.2) is 11.5 Å². The summed E-state index contributed by atoms with van der Waals surface area (Å²) in [4.78, 5) is 37.0. The zero-order chi connectivity index (χ0) is 26.0. The average Bonchev–Trinajstić information content (AvgIpc) is 3.36. The Morgan fingerprint density at radius 1 is 1.14 bits per heavy atom. The summed E-state index contributed by atoms with van der Waals surface area (Å²) in [6.07, 6.45) is 0.598. The van der Waals surface area contributed by atoms with E-state index in [9.17, 15) is 19.8 Å². The van der Waals surface area contributed by atoms with Crippen molar-refractivity contribution in [1.82, 2.24) is 30.2 Å². The van der Waals surface area contributed by atoms with Crippen molar-refractivity contribution in [3.63, 3.8) is 0 Å². The summed E-state index contributed by atoms with van der Waals surface area (Å²) >= 11 is 0.